The number of hydrogen-bond acceptors (Lipinski definition) is 2. The Morgan fingerprint density at radius 3 is 2.60 bits per heavy atom. The van der Waals surface area contributed by atoms with Crippen LogP contribution in [0.2, 0.25) is 0 Å². The van der Waals surface area contributed by atoms with E-state index in [2.05, 4.69) is 65.3 Å². The average Bonchev–Trinajstić information content (AvgIpc) is 2.85. The zero-order valence-corrected chi connectivity index (χ0v) is 11.2. The summed E-state index contributed by atoms with van der Waals surface area (Å²) in [6.07, 6.45) is 2.25. The summed E-state index contributed by atoms with van der Waals surface area (Å²) in [4.78, 5) is 4.69. The number of fused-ring (bicyclic) bond motifs is 3. The van der Waals surface area contributed by atoms with E-state index in [0.717, 1.165) is 22.7 Å². The maximum Gasteiger partial charge on any atom is 0.208 e. The summed E-state index contributed by atoms with van der Waals surface area (Å²) in [6.45, 7) is 2.08. The monoisotopic (exact) mass is 261 g/mol. The zero-order chi connectivity index (χ0) is 13.5. The molecule has 0 bridgehead atoms. The van der Waals surface area contributed by atoms with Gasteiger partial charge in [0.25, 0.3) is 0 Å². The van der Waals surface area contributed by atoms with Gasteiger partial charge in [0.05, 0.1) is 17.1 Å². The number of allylic oxidation sites excluding steroid dienone is 2. The van der Waals surface area contributed by atoms with E-state index in [0.29, 0.717) is 0 Å². The van der Waals surface area contributed by atoms with Crippen LogP contribution in [-0.2, 0) is 0 Å². The van der Waals surface area contributed by atoms with Crippen molar-refractivity contribution in [3.8, 4) is 0 Å². The van der Waals surface area contributed by atoms with Crippen LogP contribution in [0, 0.1) is 0 Å². The fourth-order valence-corrected chi connectivity index (χ4v) is 2.84. The molecule has 3 nitrogen and oxygen atoms in total. The summed E-state index contributed by atoms with van der Waals surface area (Å²) < 4.78 is 2.26. The Morgan fingerprint density at radius 1 is 1.00 bits per heavy atom. The van der Waals surface area contributed by atoms with E-state index in [4.69, 9.17) is 4.98 Å². The van der Waals surface area contributed by atoms with Gasteiger partial charge in [-0.1, -0.05) is 42.5 Å². The van der Waals surface area contributed by atoms with E-state index >= 15 is 0 Å². The van der Waals surface area contributed by atoms with Gasteiger partial charge in [-0.25, -0.2) is 4.98 Å². The zero-order valence-electron chi connectivity index (χ0n) is 11.2. The third-order valence-corrected chi connectivity index (χ3v) is 3.73. The smallest absolute Gasteiger partial charge is 0.208 e. The highest BCUT2D eigenvalue weighted by Crippen LogP contribution is 2.33. The molecule has 2 heterocycles. The van der Waals surface area contributed by atoms with Crippen LogP contribution < -0.4 is 5.32 Å². The number of nitrogens with one attached hydrogen (secondary N) is 1. The molecular formula is C17H15N3. The van der Waals surface area contributed by atoms with Gasteiger partial charge >= 0.3 is 0 Å². The predicted octanol–water partition coefficient (Wildman–Crippen LogP) is 3.96. The molecule has 0 fully saturated rings. The Kier molecular flexibility index (Phi) is 2.39. The fourth-order valence-electron chi connectivity index (χ4n) is 2.84. The van der Waals surface area contributed by atoms with Crippen molar-refractivity contribution in [3.63, 3.8) is 0 Å². The Labute approximate surface area is 117 Å². The molecule has 1 aliphatic heterocycles. The Bertz CT molecular complexity index is 799. The summed E-state index contributed by atoms with van der Waals surface area (Å²) in [5.41, 5.74) is 4.60. The minimum Gasteiger partial charge on any atom is -0.330 e. The van der Waals surface area contributed by atoms with Gasteiger partial charge in [0.2, 0.25) is 5.95 Å². The van der Waals surface area contributed by atoms with Gasteiger partial charge in [0.15, 0.2) is 0 Å². The molecule has 3 heteroatoms. The number of nitrogens with zero attached hydrogens (tertiary/aromatic N) is 2. The lowest BCUT2D eigenvalue weighted by molar-refractivity contribution is 0.707. The Balaban J connectivity index is 1.98. The number of anilines is 1. The second kappa shape index (κ2) is 4.23. The van der Waals surface area contributed by atoms with Gasteiger partial charge in [-0.15, -0.1) is 0 Å². The van der Waals surface area contributed by atoms with Crippen molar-refractivity contribution in [3.05, 3.63) is 71.9 Å². The van der Waals surface area contributed by atoms with Crippen LogP contribution in [0.1, 0.15) is 18.5 Å². The highest BCUT2D eigenvalue weighted by atomic mass is 15.2. The van der Waals surface area contributed by atoms with Gasteiger partial charge in [-0.2, -0.15) is 0 Å². The molecule has 2 aromatic carbocycles. The molecule has 1 aromatic heterocycles. The van der Waals surface area contributed by atoms with Gasteiger partial charge in [-0.05, 0) is 30.7 Å². The summed E-state index contributed by atoms with van der Waals surface area (Å²) in [7, 11) is 0. The Hall–Kier alpha value is -2.55. The average molecular weight is 261 g/mol. The maximum absolute atomic E-state index is 4.69. The van der Waals surface area contributed by atoms with Crippen molar-refractivity contribution >= 4 is 17.0 Å². The van der Waals surface area contributed by atoms with Gasteiger partial charge in [0, 0.05) is 5.70 Å². The molecule has 0 radical (unpaired) electrons. The number of rotatable bonds is 1. The summed E-state index contributed by atoms with van der Waals surface area (Å²) >= 11 is 0. The SMILES string of the molecule is CC1=CC(c2ccccc2)n2c(nc3ccccc32)N1. The molecule has 0 saturated carbocycles. The molecule has 20 heavy (non-hydrogen) atoms. The topological polar surface area (TPSA) is 29.9 Å². The van der Waals surface area contributed by atoms with Crippen molar-refractivity contribution in [2.45, 2.75) is 13.0 Å². The van der Waals surface area contributed by atoms with Gasteiger partial charge in [-0.3, -0.25) is 4.57 Å². The predicted molar refractivity (Wildman–Crippen MR) is 81.7 cm³/mol. The second-order valence-electron chi connectivity index (χ2n) is 5.12. The number of para-hydroxylation sites is 2. The van der Waals surface area contributed by atoms with Crippen LogP contribution in [-0.4, -0.2) is 9.55 Å². The van der Waals surface area contributed by atoms with Crippen molar-refractivity contribution in [2.24, 2.45) is 0 Å². The first-order valence-electron chi connectivity index (χ1n) is 6.80. The van der Waals surface area contributed by atoms with E-state index in [-0.39, 0.29) is 6.04 Å². The molecule has 1 N–H and O–H groups in total. The minimum absolute atomic E-state index is 0.194. The molecule has 1 atom stereocenters. The second-order valence-corrected chi connectivity index (χ2v) is 5.12. The van der Waals surface area contributed by atoms with E-state index < -0.39 is 0 Å². The first kappa shape index (κ1) is 11.3. The van der Waals surface area contributed by atoms with E-state index in [1.165, 1.54) is 5.56 Å². The number of hydrogen-bond donors (Lipinski definition) is 1. The number of aromatic nitrogens is 2. The lowest BCUT2D eigenvalue weighted by Crippen LogP contribution is -2.18. The molecule has 1 unspecified atom stereocenters. The molecule has 0 aliphatic carbocycles. The first-order chi connectivity index (χ1) is 9.83. The Morgan fingerprint density at radius 2 is 1.75 bits per heavy atom. The van der Waals surface area contributed by atoms with Crippen molar-refractivity contribution in [1.82, 2.24) is 9.55 Å². The largest absolute Gasteiger partial charge is 0.330 e. The molecule has 98 valence electrons. The summed E-state index contributed by atoms with van der Waals surface area (Å²) in [5.74, 6) is 0.917. The normalized spacial score (nSPS) is 17.4. The third kappa shape index (κ3) is 1.63. The maximum atomic E-state index is 4.69. The lowest BCUT2D eigenvalue weighted by Gasteiger charge is -2.25. The molecule has 0 amide bonds. The third-order valence-electron chi connectivity index (χ3n) is 3.73. The molecule has 3 aromatic rings. The van der Waals surface area contributed by atoms with E-state index in [1.54, 1.807) is 0 Å². The van der Waals surface area contributed by atoms with Crippen molar-refractivity contribution < 1.29 is 0 Å². The standard InChI is InChI=1S/C17H15N3/c1-12-11-16(13-7-3-2-4-8-13)20-15-10-6-5-9-14(15)19-17(20)18-12/h2-11,16H,1H3,(H,18,19). The molecule has 1 aliphatic rings. The van der Waals surface area contributed by atoms with Crippen molar-refractivity contribution in [1.29, 1.82) is 0 Å². The fraction of sp³-hybridized carbons (Fsp3) is 0.118. The van der Waals surface area contributed by atoms with Crippen LogP contribution in [0.4, 0.5) is 5.95 Å². The van der Waals surface area contributed by atoms with Crippen LogP contribution in [0.5, 0.6) is 0 Å². The highest BCUT2D eigenvalue weighted by molar-refractivity contribution is 5.80. The molecule has 4 rings (SSSR count). The van der Waals surface area contributed by atoms with Crippen LogP contribution in [0.15, 0.2) is 66.4 Å². The lowest BCUT2D eigenvalue weighted by atomic mass is 10.0. The minimum atomic E-state index is 0.194. The molecular weight excluding hydrogens is 246 g/mol. The quantitative estimate of drug-likeness (QED) is 0.718. The molecule has 0 saturated heterocycles. The molecule has 0 spiro atoms. The van der Waals surface area contributed by atoms with Crippen LogP contribution in [0.3, 0.4) is 0 Å². The first-order valence-corrected chi connectivity index (χ1v) is 6.80. The van der Waals surface area contributed by atoms with Crippen LogP contribution >= 0.6 is 0 Å². The number of imidazole rings is 1. The van der Waals surface area contributed by atoms with E-state index in [9.17, 15) is 0 Å². The highest BCUT2D eigenvalue weighted by Gasteiger charge is 2.22. The number of benzene rings is 2. The van der Waals surface area contributed by atoms with Crippen molar-refractivity contribution in [2.75, 3.05) is 5.32 Å². The van der Waals surface area contributed by atoms with Gasteiger partial charge < -0.3 is 5.32 Å². The van der Waals surface area contributed by atoms with Gasteiger partial charge in [0.1, 0.15) is 0 Å². The summed E-state index contributed by atoms with van der Waals surface area (Å²) in [6, 6.07) is 19.0. The summed E-state index contributed by atoms with van der Waals surface area (Å²) in [5, 5.41) is 3.36. The van der Waals surface area contributed by atoms with E-state index in [1.807, 2.05) is 12.1 Å². The van der Waals surface area contributed by atoms with Crippen LogP contribution in [0.25, 0.3) is 11.0 Å².